The Morgan fingerprint density at radius 2 is 1.95 bits per heavy atom. The fraction of sp³-hybridized carbons (Fsp3) is 0.611. The summed E-state index contributed by atoms with van der Waals surface area (Å²) in [5, 5.41) is 3.56. The lowest BCUT2D eigenvalue weighted by Crippen LogP contribution is -2.58. The van der Waals surface area contributed by atoms with Crippen LogP contribution in [-0.2, 0) is 4.79 Å². The van der Waals surface area contributed by atoms with E-state index in [1.165, 1.54) is 0 Å². The van der Waals surface area contributed by atoms with Crippen molar-refractivity contribution in [3.8, 4) is 0 Å². The van der Waals surface area contributed by atoms with E-state index in [1.54, 1.807) is 0 Å². The van der Waals surface area contributed by atoms with Gasteiger partial charge in [-0.3, -0.25) is 4.79 Å². The quantitative estimate of drug-likeness (QED) is 0.902. The van der Waals surface area contributed by atoms with Crippen LogP contribution in [0.15, 0.2) is 30.3 Å². The zero-order valence-electron chi connectivity index (χ0n) is 13.5. The van der Waals surface area contributed by atoms with Crippen LogP contribution < -0.4 is 5.32 Å². The van der Waals surface area contributed by atoms with Gasteiger partial charge in [0.05, 0.1) is 5.92 Å². The second kappa shape index (κ2) is 7.60. The number of piperazine rings is 1. The lowest BCUT2D eigenvalue weighted by molar-refractivity contribution is -0.137. The van der Waals surface area contributed by atoms with Crippen LogP contribution in [0, 0.1) is 0 Å². The van der Waals surface area contributed by atoms with Gasteiger partial charge in [-0.05, 0) is 24.8 Å². The maximum Gasteiger partial charge on any atom is 0.230 e. The van der Waals surface area contributed by atoms with Crippen LogP contribution in [0.1, 0.15) is 51.5 Å². The number of benzene rings is 1. The van der Waals surface area contributed by atoms with Crippen molar-refractivity contribution in [2.75, 3.05) is 13.1 Å². The first-order chi connectivity index (χ1) is 10.2. The predicted molar refractivity (Wildman–Crippen MR) is 87.3 cm³/mol. The average Bonchev–Trinajstić information content (AvgIpc) is 2.55. The van der Waals surface area contributed by atoms with Crippen LogP contribution in [0.25, 0.3) is 0 Å². The molecule has 21 heavy (non-hydrogen) atoms. The first kappa shape index (κ1) is 16.0. The molecule has 3 heteroatoms. The molecule has 0 aromatic heterocycles. The maximum atomic E-state index is 13.1. The molecule has 3 nitrogen and oxygen atoms in total. The van der Waals surface area contributed by atoms with Gasteiger partial charge in [0.15, 0.2) is 0 Å². The number of carbonyl (C=O) groups excluding carboxylic acids is 1. The summed E-state index contributed by atoms with van der Waals surface area (Å²) in [7, 11) is 0. The van der Waals surface area contributed by atoms with E-state index < -0.39 is 0 Å². The number of carbonyl (C=O) groups is 1. The minimum atomic E-state index is -0.00384. The second-order valence-corrected chi connectivity index (χ2v) is 5.94. The summed E-state index contributed by atoms with van der Waals surface area (Å²) in [4.78, 5) is 15.2. The van der Waals surface area contributed by atoms with E-state index in [4.69, 9.17) is 0 Å². The Morgan fingerprint density at radius 1 is 1.24 bits per heavy atom. The third kappa shape index (κ3) is 3.65. The molecule has 116 valence electrons. The van der Waals surface area contributed by atoms with E-state index in [0.29, 0.717) is 18.0 Å². The van der Waals surface area contributed by atoms with Gasteiger partial charge in [-0.15, -0.1) is 0 Å². The summed E-state index contributed by atoms with van der Waals surface area (Å²) >= 11 is 0. The third-order valence-corrected chi connectivity index (χ3v) is 4.66. The molecule has 1 aromatic carbocycles. The van der Waals surface area contributed by atoms with Crippen LogP contribution in [0.4, 0.5) is 0 Å². The molecule has 0 aliphatic carbocycles. The zero-order valence-corrected chi connectivity index (χ0v) is 13.5. The van der Waals surface area contributed by atoms with Gasteiger partial charge in [-0.1, -0.05) is 51.1 Å². The van der Waals surface area contributed by atoms with Gasteiger partial charge in [0.1, 0.15) is 0 Å². The van der Waals surface area contributed by atoms with E-state index in [0.717, 1.165) is 37.9 Å². The van der Waals surface area contributed by atoms with Gasteiger partial charge in [-0.2, -0.15) is 0 Å². The molecule has 0 spiro atoms. The SMILES string of the molecule is CCC1CN(C(=O)C(CC)c2ccccc2)C(CC)CN1. The second-order valence-electron chi connectivity index (χ2n) is 5.94. The standard InChI is InChI=1S/C18H28N2O/c1-4-15-13-20(16(5-2)12-19-15)18(21)17(6-3)14-10-8-7-9-11-14/h7-11,15-17,19H,4-6,12-13H2,1-3H3. The van der Waals surface area contributed by atoms with E-state index in [1.807, 2.05) is 18.2 Å². The molecule has 1 heterocycles. The molecule has 1 saturated heterocycles. The van der Waals surface area contributed by atoms with Crippen LogP contribution >= 0.6 is 0 Å². The van der Waals surface area contributed by atoms with Gasteiger partial charge >= 0.3 is 0 Å². The molecule has 3 unspecified atom stereocenters. The summed E-state index contributed by atoms with van der Waals surface area (Å²) in [5.41, 5.74) is 1.14. The Balaban J connectivity index is 2.18. The van der Waals surface area contributed by atoms with Crippen molar-refractivity contribution in [3.63, 3.8) is 0 Å². The van der Waals surface area contributed by atoms with E-state index in [9.17, 15) is 4.79 Å². The molecule has 0 radical (unpaired) electrons. The minimum absolute atomic E-state index is 0.00384. The fourth-order valence-corrected chi connectivity index (χ4v) is 3.21. The van der Waals surface area contributed by atoms with Crippen molar-refractivity contribution in [1.82, 2.24) is 10.2 Å². The van der Waals surface area contributed by atoms with E-state index >= 15 is 0 Å². The highest BCUT2D eigenvalue weighted by Crippen LogP contribution is 2.25. The summed E-state index contributed by atoms with van der Waals surface area (Å²) in [6.07, 6.45) is 2.95. The van der Waals surface area contributed by atoms with Gasteiger partial charge in [0.2, 0.25) is 5.91 Å². The highest BCUT2D eigenvalue weighted by atomic mass is 16.2. The summed E-state index contributed by atoms with van der Waals surface area (Å²) in [6.45, 7) is 8.22. The number of amides is 1. The first-order valence-corrected chi connectivity index (χ1v) is 8.29. The Hall–Kier alpha value is -1.35. The smallest absolute Gasteiger partial charge is 0.230 e. The van der Waals surface area contributed by atoms with Crippen molar-refractivity contribution < 1.29 is 4.79 Å². The normalized spacial score (nSPS) is 23.9. The maximum absolute atomic E-state index is 13.1. The Bertz CT molecular complexity index is 446. The van der Waals surface area contributed by atoms with Gasteiger partial charge < -0.3 is 10.2 Å². The van der Waals surface area contributed by atoms with Crippen LogP contribution in [0.3, 0.4) is 0 Å². The van der Waals surface area contributed by atoms with Crippen molar-refractivity contribution in [2.24, 2.45) is 0 Å². The van der Waals surface area contributed by atoms with Crippen LogP contribution in [0.2, 0.25) is 0 Å². The van der Waals surface area contributed by atoms with Crippen molar-refractivity contribution >= 4 is 5.91 Å². The molecule has 1 amide bonds. The number of hydrogen-bond acceptors (Lipinski definition) is 2. The zero-order chi connectivity index (χ0) is 15.2. The number of rotatable bonds is 5. The van der Waals surface area contributed by atoms with Gasteiger partial charge in [0.25, 0.3) is 0 Å². The summed E-state index contributed by atoms with van der Waals surface area (Å²) < 4.78 is 0. The lowest BCUT2D eigenvalue weighted by atomic mass is 9.93. The van der Waals surface area contributed by atoms with Crippen molar-refractivity contribution in [1.29, 1.82) is 0 Å². The lowest BCUT2D eigenvalue weighted by Gasteiger charge is -2.41. The Labute approximate surface area is 128 Å². The van der Waals surface area contributed by atoms with Gasteiger partial charge in [-0.25, -0.2) is 0 Å². The minimum Gasteiger partial charge on any atom is -0.336 e. The molecule has 0 saturated carbocycles. The number of hydrogen-bond donors (Lipinski definition) is 1. The van der Waals surface area contributed by atoms with Crippen molar-refractivity contribution in [3.05, 3.63) is 35.9 Å². The molecule has 1 aliphatic heterocycles. The van der Waals surface area contributed by atoms with E-state index in [-0.39, 0.29) is 5.92 Å². The largest absolute Gasteiger partial charge is 0.336 e. The molecule has 1 aliphatic rings. The molecule has 1 aromatic rings. The fourth-order valence-electron chi connectivity index (χ4n) is 3.21. The summed E-state index contributed by atoms with van der Waals surface area (Å²) in [5.74, 6) is 0.298. The van der Waals surface area contributed by atoms with Crippen LogP contribution in [-0.4, -0.2) is 36.0 Å². The first-order valence-electron chi connectivity index (χ1n) is 8.29. The third-order valence-electron chi connectivity index (χ3n) is 4.66. The molecule has 0 bridgehead atoms. The Morgan fingerprint density at radius 3 is 2.52 bits per heavy atom. The summed E-state index contributed by atoms with van der Waals surface area (Å²) in [6, 6.07) is 11.0. The van der Waals surface area contributed by atoms with Gasteiger partial charge in [0, 0.05) is 25.2 Å². The highest BCUT2D eigenvalue weighted by Gasteiger charge is 2.33. The molecule has 1 N–H and O–H groups in total. The number of nitrogens with zero attached hydrogens (tertiary/aromatic N) is 1. The molecular weight excluding hydrogens is 260 g/mol. The monoisotopic (exact) mass is 288 g/mol. The Kier molecular flexibility index (Phi) is 5.80. The van der Waals surface area contributed by atoms with Crippen LogP contribution in [0.5, 0.6) is 0 Å². The molecule has 3 atom stereocenters. The van der Waals surface area contributed by atoms with Crippen molar-refractivity contribution in [2.45, 2.75) is 58.0 Å². The highest BCUT2D eigenvalue weighted by molar-refractivity contribution is 5.84. The predicted octanol–water partition coefficient (Wildman–Crippen LogP) is 3.17. The number of nitrogens with one attached hydrogen (secondary N) is 1. The molecule has 2 rings (SSSR count). The average molecular weight is 288 g/mol. The van der Waals surface area contributed by atoms with E-state index in [2.05, 4.69) is 43.1 Å². The molecular formula is C18H28N2O. The molecule has 1 fully saturated rings. The topological polar surface area (TPSA) is 32.3 Å².